The number of aromatic nitrogens is 1. The first-order chi connectivity index (χ1) is 16.5. The summed E-state index contributed by atoms with van der Waals surface area (Å²) >= 11 is 1.65. The molecule has 1 heterocycles. The molecule has 6 atom stereocenters. The van der Waals surface area contributed by atoms with E-state index in [4.69, 9.17) is 4.98 Å². The number of anilines is 2. The predicted molar refractivity (Wildman–Crippen MR) is 140 cm³/mol. The van der Waals surface area contributed by atoms with Gasteiger partial charge in [0.15, 0.2) is 5.13 Å². The fraction of sp³-hybridized carbons (Fsp3) is 0.630. The molecule has 2 aromatic rings. The van der Waals surface area contributed by atoms with Gasteiger partial charge in [0, 0.05) is 42.5 Å². The quantitative estimate of drug-likeness (QED) is 0.573. The fourth-order valence-electron chi connectivity index (χ4n) is 6.25. The summed E-state index contributed by atoms with van der Waals surface area (Å²) in [5, 5.41) is 15.8. The van der Waals surface area contributed by atoms with Crippen molar-refractivity contribution < 1.29 is 14.3 Å². The van der Waals surface area contributed by atoms with Gasteiger partial charge in [0.2, 0.25) is 5.91 Å². The largest absolute Gasteiger partial charge is 0.392 e. The van der Waals surface area contributed by atoms with Crippen molar-refractivity contribution in [2.75, 3.05) is 39.5 Å². The lowest BCUT2D eigenvalue weighted by Crippen LogP contribution is -2.53. The van der Waals surface area contributed by atoms with Crippen LogP contribution in [0.4, 0.5) is 15.2 Å². The molecule has 4 rings (SSSR count). The first-order valence-electron chi connectivity index (χ1n) is 12.6. The van der Waals surface area contributed by atoms with Gasteiger partial charge < -0.3 is 20.2 Å². The molecular weight excluding hydrogens is 463 g/mol. The van der Waals surface area contributed by atoms with Gasteiger partial charge in [0.1, 0.15) is 5.82 Å². The van der Waals surface area contributed by atoms with Gasteiger partial charge in [-0.2, -0.15) is 0 Å². The maximum absolute atomic E-state index is 13.3. The summed E-state index contributed by atoms with van der Waals surface area (Å²) in [5.74, 6) is -0.279. The molecular formula is C27H39FN4O2S. The first kappa shape index (κ1) is 26.0. The van der Waals surface area contributed by atoms with E-state index in [9.17, 15) is 14.3 Å². The number of aliphatic hydroxyl groups is 1. The molecule has 0 bridgehead atoms. The molecule has 2 aliphatic rings. The lowest BCUT2D eigenvalue weighted by Gasteiger charge is -2.53. The Kier molecular flexibility index (Phi) is 7.55. The smallest absolute Gasteiger partial charge is 0.225 e. The summed E-state index contributed by atoms with van der Waals surface area (Å²) in [4.78, 5) is 23.2. The minimum absolute atomic E-state index is 0.0262. The van der Waals surface area contributed by atoms with Crippen molar-refractivity contribution in [1.29, 1.82) is 0 Å². The molecule has 35 heavy (non-hydrogen) atoms. The second kappa shape index (κ2) is 10.1. The standard InChI is InChI=1S/C27H39FN4O2S/c1-16(25(34)32(6)14-13-31(4)5)20-11-12-27(3)15-21-23(17(2)22(27)24(20)33)30-26(35-21)29-19-9-7-18(28)8-10-19/h7-10,16-17,20,22,24,33H,11-15H2,1-6H3,(H,29,30). The van der Waals surface area contributed by atoms with Crippen LogP contribution in [-0.4, -0.2) is 66.1 Å². The van der Waals surface area contributed by atoms with Crippen LogP contribution in [0.15, 0.2) is 24.3 Å². The number of nitrogens with zero attached hydrogens (tertiary/aromatic N) is 3. The third-order valence-electron chi connectivity index (χ3n) is 8.31. The van der Waals surface area contributed by atoms with Crippen LogP contribution < -0.4 is 5.32 Å². The molecule has 0 radical (unpaired) electrons. The van der Waals surface area contributed by atoms with Crippen molar-refractivity contribution in [3.05, 3.63) is 40.7 Å². The number of halogens is 1. The normalized spacial score (nSPS) is 28.8. The van der Waals surface area contributed by atoms with Gasteiger partial charge in [-0.05, 0) is 74.9 Å². The molecule has 1 saturated carbocycles. The van der Waals surface area contributed by atoms with Crippen LogP contribution in [0.2, 0.25) is 0 Å². The highest BCUT2D eigenvalue weighted by Crippen LogP contribution is 2.57. The topological polar surface area (TPSA) is 68.7 Å². The van der Waals surface area contributed by atoms with Crippen LogP contribution in [0.5, 0.6) is 0 Å². The van der Waals surface area contributed by atoms with Crippen LogP contribution >= 0.6 is 11.3 Å². The molecule has 1 aromatic carbocycles. The second-order valence-corrected chi connectivity index (χ2v) is 12.2. The number of amides is 1. The van der Waals surface area contributed by atoms with E-state index in [0.29, 0.717) is 6.54 Å². The van der Waals surface area contributed by atoms with Crippen molar-refractivity contribution in [3.63, 3.8) is 0 Å². The number of rotatable bonds is 7. The third kappa shape index (κ3) is 5.25. The van der Waals surface area contributed by atoms with E-state index >= 15 is 0 Å². The van der Waals surface area contributed by atoms with Crippen molar-refractivity contribution in [1.82, 2.24) is 14.8 Å². The molecule has 2 aliphatic carbocycles. The maximum atomic E-state index is 13.3. The molecule has 0 saturated heterocycles. The number of aliphatic hydroxyl groups excluding tert-OH is 1. The zero-order chi connectivity index (χ0) is 25.5. The van der Waals surface area contributed by atoms with Gasteiger partial charge in [0.05, 0.1) is 11.8 Å². The van der Waals surface area contributed by atoms with Gasteiger partial charge in [-0.15, -0.1) is 11.3 Å². The summed E-state index contributed by atoms with van der Waals surface area (Å²) in [7, 11) is 5.87. The average Bonchev–Trinajstić information content (AvgIpc) is 3.20. The second-order valence-electron chi connectivity index (χ2n) is 11.1. The van der Waals surface area contributed by atoms with Crippen LogP contribution in [-0.2, 0) is 11.2 Å². The summed E-state index contributed by atoms with van der Waals surface area (Å²) in [5.41, 5.74) is 1.82. The number of nitrogens with one attached hydrogen (secondary N) is 1. The van der Waals surface area contributed by atoms with E-state index in [1.54, 1.807) is 28.4 Å². The number of carbonyl (C=O) groups is 1. The number of thiazole rings is 1. The zero-order valence-corrected chi connectivity index (χ0v) is 22.5. The molecule has 8 heteroatoms. The minimum Gasteiger partial charge on any atom is -0.392 e. The van der Waals surface area contributed by atoms with Crippen LogP contribution in [0.25, 0.3) is 0 Å². The van der Waals surface area contributed by atoms with Crippen molar-refractivity contribution in [2.45, 2.75) is 52.1 Å². The SMILES string of the molecule is CC(C(=O)N(C)CCN(C)C)C1CCC2(C)Cc3sc(Nc4ccc(F)cc4)nc3C(C)C2C1O. The molecule has 1 fully saturated rings. The Balaban J connectivity index is 1.51. The average molecular weight is 503 g/mol. The Labute approximate surface area is 212 Å². The molecule has 6 unspecified atom stereocenters. The van der Waals surface area contributed by atoms with Gasteiger partial charge in [-0.25, -0.2) is 9.37 Å². The highest BCUT2D eigenvalue weighted by molar-refractivity contribution is 7.15. The van der Waals surface area contributed by atoms with E-state index in [1.807, 2.05) is 28.1 Å². The number of fused-ring (bicyclic) bond motifs is 2. The molecule has 0 aliphatic heterocycles. The maximum Gasteiger partial charge on any atom is 0.225 e. The van der Waals surface area contributed by atoms with Crippen LogP contribution in [0.3, 0.4) is 0 Å². The molecule has 192 valence electrons. The monoisotopic (exact) mass is 502 g/mol. The van der Waals surface area contributed by atoms with Crippen LogP contribution in [0.1, 0.15) is 50.1 Å². The Morgan fingerprint density at radius 3 is 2.63 bits per heavy atom. The Bertz CT molecular complexity index is 1040. The number of carbonyl (C=O) groups excluding carboxylic acids is 1. The van der Waals surface area contributed by atoms with E-state index in [-0.39, 0.29) is 40.8 Å². The van der Waals surface area contributed by atoms with E-state index in [2.05, 4.69) is 24.1 Å². The Morgan fingerprint density at radius 1 is 1.29 bits per heavy atom. The molecule has 6 nitrogen and oxygen atoms in total. The fourth-order valence-corrected chi connectivity index (χ4v) is 7.53. The molecule has 2 N–H and O–H groups in total. The summed E-state index contributed by atoms with van der Waals surface area (Å²) in [6, 6.07) is 6.29. The predicted octanol–water partition coefficient (Wildman–Crippen LogP) is 4.73. The van der Waals surface area contributed by atoms with E-state index < -0.39 is 6.10 Å². The Hall–Kier alpha value is -2.03. The zero-order valence-electron chi connectivity index (χ0n) is 21.7. The van der Waals surface area contributed by atoms with Crippen molar-refractivity contribution in [3.8, 4) is 0 Å². The van der Waals surface area contributed by atoms with E-state index in [1.165, 1.54) is 17.0 Å². The van der Waals surface area contributed by atoms with Gasteiger partial charge in [-0.3, -0.25) is 4.79 Å². The minimum atomic E-state index is -0.548. The number of hydrogen-bond acceptors (Lipinski definition) is 6. The molecule has 0 spiro atoms. The summed E-state index contributed by atoms with van der Waals surface area (Å²) < 4.78 is 13.3. The molecule has 1 amide bonds. The van der Waals surface area contributed by atoms with Crippen molar-refractivity contribution >= 4 is 28.1 Å². The van der Waals surface area contributed by atoms with Crippen molar-refractivity contribution in [2.24, 2.45) is 23.2 Å². The Morgan fingerprint density at radius 2 is 1.97 bits per heavy atom. The lowest BCUT2D eigenvalue weighted by molar-refractivity contribution is -0.143. The highest BCUT2D eigenvalue weighted by atomic mass is 32.1. The van der Waals surface area contributed by atoms with Gasteiger partial charge in [-0.1, -0.05) is 20.8 Å². The van der Waals surface area contributed by atoms with E-state index in [0.717, 1.165) is 42.3 Å². The number of hydrogen-bond donors (Lipinski definition) is 2. The first-order valence-corrected chi connectivity index (χ1v) is 13.4. The number of benzene rings is 1. The lowest BCUT2D eigenvalue weighted by atomic mass is 9.53. The van der Waals surface area contributed by atoms with Gasteiger partial charge >= 0.3 is 0 Å². The molecule has 1 aromatic heterocycles. The highest BCUT2D eigenvalue weighted by Gasteiger charge is 2.54. The summed E-state index contributed by atoms with van der Waals surface area (Å²) in [6.07, 6.45) is 2.17. The van der Waals surface area contributed by atoms with Gasteiger partial charge in [0.25, 0.3) is 0 Å². The number of likely N-dealkylation sites (N-methyl/N-ethyl adjacent to an activating group) is 2. The van der Waals surface area contributed by atoms with Crippen LogP contribution in [0, 0.1) is 29.0 Å². The summed E-state index contributed by atoms with van der Waals surface area (Å²) in [6.45, 7) is 7.95. The third-order valence-corrected chi connectivity index (χ3v) is 9.29.